The number of carbonyl (C=O) groups excluding carboxylic acids is 2. The van der Waals surface area contributed by atoms with E-state index in [0.717, 1.165) is 0 Å². The first kappa shape index (κ1) is 11.5. The molecule has 1 saturated heterocycles. The van der Waals surface area contributed by atoms with Crippen LogP contribution in [-0.2, 0) is 14.3 Å². The second-order valence-corrected chi connectivity index (χ2v) is 4.30. The van der Waals surface area contributed by atoms with Crippen molar-refractivity contribution in [3.8, 4) is 0 Å². The summed E-state index contributed by atoms with van der Waals surface area (Å²) < 4.78 is 4.90. The summed E-state index contributed by atoms with van der Waals surface area (Å²) in [5.41, 5.74) is -0.740. The minimum absolute atomic E-state index is 0.144. The molecule has 0 aromatic rings. The summed E-state index contributed by atoms with van der Waals surface area (Å²) in [6.45, 7) is 4.93. The fourth-order valence-corrected chi connectivity index (χ4v) is 1.15. The zero-order valence-corrected chi connectivity index (χ0v) is 8.81. The molecule has 1 aliphatic rings. The Morgan fingerprint density at radius 3 is 2.33 bits per heavy atom. The number of likely N-dealkylation sites (tertiary alicyclic amines) is 1. The molecule has 1 atom stereocenters. The molecule has 1 N–H and O–H groups in total. The monoisotopic (exact) mass is 215 g/mol. The summed E-state index contributed by atoms with van der Waals surface area (Å²) in [5.74, 6) is -1.71. The number of ether oxygens (including phenoxy) is 1. The van der Waals surface area contributed by atoms with Crippen molar-refractivity contribution in [3.63, 3.8) is 0 Å². The Morgan fingerprint density at radius 2 is 2.00 bits per heavy atom. The fraction of sp³-hybridized carbons (Fsp3) is 0.667. The molecule has 84 valence electrons. The average Bonchev–Trinajstić information content (AvgIpc) is 1.94. The molecule has 1 heterocycles. The average molecular weight is 215 g/mol. The lowest BCUT2D eigenvalue weighted by atomic mass is 10.0. The molecule has 2 amide bonds. The molecular weight excluding hydrogens is 202 g/mol. The Labute approximate surface area is 86.8 Å². The fourth-order valence-electron chi connectivity index (χ4n) is 1.15. The van der Waals surface area contributed by atoms with Crippen molar-refractivity contribution in [2.24, 2.45) is 0 Å². The van der Waals surface area contributed by atoms with Gasteiger partial charge in [0.1, 0.15) is 11.6 Å². The zero-order valence-electron chi connectivity index (χ0n) is 8.81. The van der Waals surface area contributed by atoms with E-state index < -0.39 is 29.6 Å². The van der Waals surface area contributed by atoms with E-state index in [0.29, 0.717) is 4.90 Å². The minimum atomic E-state index is -1.19. The van der Waals surface area contributed by atoms with E-state index in [9.17, 15) is 14.4 Å². The maximum absolute atomic E-state index is 11.4. The van der Waals surface area contributed by atoms with Crippen molar-refractivity contribution in [3.05, 3.63) is 0 Å². The smallest absolute Gasteiger partial charge is 0.417 e. The second kappa shape index (κ2) is 3.52. The number of aliphatic carboxylic acids is 1. The SMILES string of the molecule is CC(C)(C)OC(=O)N1C(=O)C[C@H]1C(=O)O. The summed E-state index contributed by atoms with van der Waals surface area (Å²) >= 11 is 0. The van der Waals surface area contributed by atoms with Crippen molar-refractivity contribution in [2.45, 2.75) is 38.8 Å². The molecule has 0 aromatic heterocycles. The van der Waals surface area contributed by atoms with Crippen LogP contribution in [0.25, 0.3) is 0 Å². The maximum Gasteiger partial charge on any atom is 0.417 e. The molecule has 0 unspecified atom stereocenters. The van der Waals surface area contributed by atoms with E-state index in [2.05, 4.69) is 0 Å². The Morgan fingerprint density at radius 1 is 1.47 bits per heavy atom. The number of hydrogen-bond acceptors (Lipinski definition) is 4. The first-order chi connectivity index (χ1) is 6.72. The summed E-state index contributed by atoms with van der Waals surface area (Å²) in [7, 11) is 0. The van der Waals surface area contributed by atoms with E-state index >= 15 is 0 Å². The summed E-state index contributed by atoms with van der Waals surface area (Å²) in [6, 6.07) is -1.08. The minimum Gasteiger partial charge on any atom is -0.480 e. The van der Waals surface area contributed by atoms with Crippen LogP contribution < -0.4 is 0 Å². The van der Waals surface area contributed by atoms with Crippen LogP contribution in [0.15, 0.2) is 0 Å². The number of imide groups is 1. The van der Waals surface area contributed by atoms with Crippen molar-refractivity contribution >= 4 is 18.0 Å². The molecule has 0 saturated carbocycles. The molecule has 1 aliphatic heterocycles. The van der Waals surface area contributed by atoms with Crippen LogP contribution in [0, 0.1) is 0 Å². The largest absolute Gasteiger partial charge is 0.480 e. The third-order valence-electron chi connectivity index (χ3n) is 1.82. The van der Waals surface area contributed by atoms with Gasteiger partial charge in [-0.3, -0.25) is 4.79 Å². The number of amides is 2. The molecule has 6 heteroatoms. The third-order valence-corrected chi connectivity index (χ3v) is 1.82. The summed E-state index contributed by atoms with van der Waals surface area (Å²) in [4.78, 5) is 33.7. The summed E-state index contributed by atoms with van der Waals surface area (Å²) in [5, 5.41) is 8.67. The van der Waals surface area contributed by atoms with Gasteiger partial charge in [-0.25, -0.2) is 14.5 Å². The van der Waals surface area contributed by atoms with Crippen LogP contribution in [-0.4, -0.2) is 39.6 Å². The molecule has 0 radical (unpaired) electrons. The van der Waals surface area contributed by atoms with Gasteiger partial charge >= 0.3 is 12.1 Å². The van der Waals surface area contributed by atoms with Crippen molar-refractivity contribution in [1.82, 2.24) is 4.90 Å². The van der Waals surface area contributed by atoms with E-state index in [1.54, 1.807) is 20.8 Å². The first-order valence-corrected chi connectivity index (χ1v) is 4.50. The van der Waals surface area contributed by atoms with Gasteiger partial charge < -0.3 is 9.84 Å². The molecular formula is C9H13NO5. The highest BCUT2D eigenvalue weighted by Gasteiger charge is 2.47. The van der Waals surface area contributed by atoms with E-state index in [1.807, 2.05) is 0 Å². The number of hydrogen-bond donors (Lipinski definition) is 1. The van der Waals surface area contributed by atoms with Gasteiger partial charge in [0.2, 0.25) is 5.91 Å². The number of carboxylic acids is 1. The normalized spacial score (nSPS) is 20.9. The number of nitrogens with zero attached hydrogens (tertiary/aromatic N) is 1. The Balaban J connectivity index is 2.67. The van der Waals surface area contributed by atoms with E-state index in [4.69, 9.17) is 9.84 Å². The molecule has 1 rings (SSSR count). The lowest BCUT2D eigenvalue weighted by Gasteiger charge is -2.36. The number of rotatable bonds is 1. The van der Waals surface area contributed by atoms with Gasteiger partial charge in [0.25, 0.3) is 0 Å². The first-order valence-electron chi connectivity index (χ1n) is 4.50. The predicted octanol–water partition coefficient (Wildman–Crippen LogP) is 0.607. The highest BCUT2D eigenvalue weighted by Crippen LogP contribution is 2.22. The second-order valence-electron chi connectivity index (χ2n) is 4.30. The number of carbonyl (C=O) groups is 3. The highest BCUT2D eigenvalue weighted by molar-refractivity contribution is 6.04. The van der Waals surface area contributed by atoms with E-state index in [1.165, 1.54) is 0 Å². The van der Waals surface area contributed by atoms with Gasteiger partial charge in [-0.15, -0.1) is 0 Å². The summed E-state index contributed by atoms with van der Waals surface area (Å²) in [6.07, 6.45) is -1.04. The maximum atomic E-state index is 11.4. The molecule has 0 aliphatic carbocycles. The van der Waals surface area contributed by atoms with E-state index in [-0.39, 0.29) is 6.42 Å². The molecule has 0 spiro atoms. The molecule has 1 fully saturated rings. The van der Waals surface area contributed by atoms with Gasteiger partial charge in [0, 0.05) is 0 Å². The van der Waals surface area contributed by atoms with Crippen molar-refractivity contribution in [1.29, 1.82) is 0 Å². The quantitative estimate of drug-likeness (QED) is 0.648. The number of carboxylic acid groups (broad SMARTS) is 1. The number of β-lactam (4-membered cyclic amide) rings is 1. The Kier molecular flexibility index (Phi) is 2.70. The van der Waals surface area contributed by atoms with Gasteiger partial charge in [-0.1, -0.05) is 0 Å². The third kappa shape index (κ3) is 2.45. The van der Waals surface area contributed by atoms with Gasteiger partial charge in [-0.05, 0) is 20.8 Å². The molecule has 15 heavy (non-hydrogen) atoms. The topological polar surface area (TPSA) is 83.9 Å². The Hall–Kier alpha value is -1.59. The van der Waals surface area contributed by atoms with Gasteiger partial charge in [0.15, 0.2) is 0 Å². The van der Waals surface area contributed by atoms with Gasteiger partial charge in [0.05, 0.1) is 6.42 Å². The van der Waals surface area contributed by atoms with Crippen LogP contribution in [0.2, 0.25) is 0 Å². The zero-order chi connectivity index (χ0) is 11.8. The van der Waals surface area contributed by atoms with Crippen LogP contribution in [0.3, 0.4) is 0 Å². The molecule has 6 nitrogen and oxygen atoms in total. The van der Waals surface area contributed by atoms with Crippen LogP contribution >= 0.6 is 0 Å². The predicted molar refractivity (Wildman–Crippen MR) is 49.1 cm³/mol. The van der Waals surface area contributed by atoms with Crippen molar-refractivity contribution in [2.75, 3.05) is 0 Å². The van der Waals surface area contributed by atoms with Crippen LogP contribution in [0.1, 0.15) is 27.2 Å². The Bertz CT molecular complexity index is 317. The standard InChI is InChI=1S/C9H13NO5/c1-9(2,3)15-8(14)10-5(7(12)13)4-6(10)11/h5H,4H2,1-3H3,(H,12,13)/t5-/m0/s1. The van der Waals surface area contributed by atoms with Crippen LogP contribution in [0.4, 0.5) is 4.79 Å². The molecule has 0 bridgehead atoms. The molecule has 0 aromatic carbocycles. The van der Waals surface area contributed by atoms with Crippen molar-refractivity contribution < 1.29 is 24.2 Å². The lowest BCUT2D eigenvalue weighted by Crippen LogP contribution is -2.60. The highest BCUT2D eigenvalue weighted by atomic mass is 16.6. The van der Waals surface area contributed by atoms with Crippen LogP contribution in [0.5, 0.6) is 0 Å². The lowest BCUT2D eigenvalue weighted by molar-refractivity contribution is -0.160. The van der Waals surface area contributed by atoms with Gasteiger partial charge in [-0.2, -0.15) is 0 Å².